The molecular formula is C25H26FNO2. The summed E-state index contributed by atoms with van der Waals surface area (Å²) in [5, 5.41) is 2.92. The molecule has 0 aromatic heterocycles. The average Bonchev–Trinajstić information content (AvgIpc) is 2.66. The molecule has 1 heterocycles. The summed E-state index contributed by atoms with van der Waals surface area (Å²) in [6.07, 6.45) is 1.21. The van der Waals surface area contributed by atoms with Crippen molar-refractivity contribution in [1.82, 2.24) is 5.32 Å². The maximum absolute atomic E-state index is 13.7. The van der Waals surface area contributed by atoms with E-state index in [1.165, 1.54) is 17.7 Å². The Morgan fingerprint density at radius 3 is 2.31 bits per heavy atom. The smallest absolute Gasteiger partial charge is 0.225 e. The van der Waals surface area contributed by atoms with Crippen molar-refractivity contribution in [2.45, 2.75) is 57.3 Å². The zero-order chi connectivity index (χ0) is 20.8. The first-order valence-electron chi connectivity index (χ1n) is 10.1. The van der Waals surface area contributed by atoms with Crippen LogP contribution in [0.3, 0.4) is 0 Å². The molecule has 29 heavy (non-hydrogen) atoms. The first kappa shape index (κ1) is 19.6. The summed E-state index contributed by atoms with van der Waals surface area (Å²) >= 11 is 0. The Labute approximate surface area is 171 Å². The van der Waals surface area contributed by atoms with Crippen molar-refractivity contribution < 1.29 is 14.0 Å². The maximum Gasteiger partial charge on any atom is 0.225 e. The highest BCUT2D eigenvalue weighted by molar-refractivity contribution is 6.02. The van der Waals surface area contributed by atoms with Gasteiger partial charge in [0.1, 0.15) is 5.82 Å². The Balaban J connectivity index is 1.66. The van der Waals surface area contributed by atoms with E-state index in [9.17, 15) is 14.0 Å². The first-order chi connectivity index (χ1) is 13.7. The second-order valence-electron chi connectivity index (χ2n) is 9.15. The number of Topliss-reactive ketones (excluding diaryl/α,β-unsaturated/α-hetero) is 1. The number of ketones is 1. The quantitative estimate of drug-likeness (QED) is 0.772. The molecule has 4 rings (SSSR count). The summed E-state index contributed by atoms with van der Waals surface area (Å²) < 4.78 is 13.7. The number of benzene rings is 2. The number of rotatable bonds is 2. The van der Waals surface area contributed by atoms with Gasteiger partial charge in [-0.3, -0.25) is 9.59 Å². The number of halogens is 1. The van der Waals surface area contributed by atoms with Gasteiger partial charge < -0.3 is 5.32 Å². The van der Waals surface area contributed by atoms with Crippen LogP contribution in [0.1, 0.15) is 68.6 Å². The third kappa shape index (κ3) is 3.89. The fourth-order valence-electron chi connectivity index (χ4n) is 4.46. The van der Waals surface area contributed by atoms with Crippen molar-refractivity contribution in [1.29, 1.82) is 0 Å². The molecule has 0 fully saturated rings. The van der Waals surface area contributed by atoms with Crippen molar-refractivity contribution >= 4 is 11.7 Å². The molecule has 4 heteroatoms. The van der Waals surface area contributed by atoms with Gasteiger partial charge >= 0.3 is 0 Å². The molecule has 2 aromatic rings. The van der Waals surface area contributed by atoms with E-state index >= 15 is 0 Å². The molecule has 2 unspecified atom stereocenters. The molecule has 2 aromatic carbocycles. The van der Waals surface area contributed by atoms with Crippen LogP contribution in [0, 0.1) is 5.82 Å². The van der Waals surface area contributed by atoms with E-state index in [0.717, 1.165) is 5.56 Å². The van der Waals surface area contributed by atoms with Crippen LogP contribution in [0.4, 0.5) is 4.39 Å². The van der Waals surface area contributed by atoms with Crippen LogP contribution in [0.2, 0.25) is 0 Å². The van der Waals surface area contributed by atoms with Crippen LogP contribution in [-0.4, -0.2) is 11.7 Å². The number of allylic oxidation sites excluding steroid dienone is 2. The number of hydrogen-bond acceptors (Lipinski definition) is 2. The van der Waals surface area contributed by atoms with Crippen LogP contribution in [0.5, 0.6) is 0 Å². The molecular weight excluding hydrogens is 365 g/mol. The Kier molecular flexibility index (Phi) is 4.89. The normalized spacial score (nSPS) is 22.3. The van der Waals surface area contributed by atoms with Crippen molar-refractivity contribution in [3.8, 4) is 0 Å². The van der Waals surface area contributed by atoms with Crippen molar-refractivity contribution in [2.75, 3.05) is 0 Å². The van der Waals surface area contributed by atoms with Crippen LogP contribution in [-0.2, 0) is 15.0 Å². The summed E-state index contributed by atoms with van der Waals surface area (Å²) in [5.41, 5.74) is 4.48. The third-order valence-corrected chi connectivity index (χ3v) is 6.04. The SMILES string of the molecule is CC(C)(C)c1ccc(C2CC(=O)C3=C(C2)NC(=O)CC3c2cccc(F)c2)cc1. The molecule has 1 amide bonds. The topological polar surface area (TPSA) is 46.2 Å². The lowest BCUT2D eigenvalue weighted by Crippen LogP contribution is -2.38. The lowest BCUT2D eigenvalue weighted by molar-refractivity contribution is -0.122. The summed E-state index contributed by atoms with van der Waals surface area (Å²) in [5.74, 6) is -0.747. The molecule has 0 spiro atoms. The zero-order valence-electron chi connectivity index (χ0n) is 17.1. The molecule has 0 radical (unpaired) electrons. The van der Waals surface area contributed by atoms with Crippen LogP contribution in [0.15, 0.2) is 59.8 Å². The van der Waals surface area contributed by atoms with Gasteiger partial charge in [0.05, 0.1) is 0 Å². The molecule has 1 aliphatic carbocycles. The summed E-state index contributed by atoms with van der Waals surface area (Å²) in [6.45, 7) is 6.52. The predicted octanol–water partition coefficient (Wildman–Crippen LogP) is 5.13. The summed E-state index contributed by atoms with van der Waals surface area (Å²) in [7, 11) is 0. The van der Waals surface area contributed by atoms with Gasteiger partial charge in [0, 0.05) is 30.0 Å². The minimum Gasteiger partial charge on any atom is -0.329 e. The molecule has 0 bridgehead atoms. The van der Waals surface area contributed by atoms with Gasteiger partial charge in [-0.15, -0.1) is 0 Å². The Bertz CT molecular complexity index is 998. The van der Waals surface area contributed by atoms with E-state index in [1.54, 1.807) is 12.1 Å². The van der Waals surface area contributed by atoms with Gasteiger partial charge in [0.15, 0.2) is 5.78 Å². The fraction of sp³-hybridized carbons (Fsp3) is 0.360. The highest BCUT2D eigenvalue weighted by Crippen LogP contribution is 2.42. The van der Waals surface area contributed by atoms with Crippen LogP contribution < -0.4 is 5.32 Å². The predicted molar refractivity (Wildman–Crippen MR) is 111 cm³/mol. The van der Waals surface area contributed by atoms with Gasteiger partial charge in [0.25, 0.3) is 0 Å². The highest BCUT2D eigenvalue weighted by atomic mass is 19.1. The van der Waals surface area contributed by atoms with Crippen molar-refractivity contribution in [3.63, 3.8) is 0 Å². The van der Waals surface area contributed by atoms with E-state index in [4.69, 9.17) is 0 Å². The van der Waals surface area contributed by atoms with Crippen LogP contribution >= 0.6 is 0 Å². The lowest BCUT2D eigenvalue weighted by Gasteiger charge is -2.34. The molecule has 2 aliphatic rings. The number of hydrogen-bond donors (Lipinski definition) is 1. The van der Waals surface area contributed by atoms with E-state index in [0.29, 0.717) is 29.7 Å². The Morgan fingerprint density at radius 1 is 0.931 bits per heavy atom. The lowest BCUT2D eigenvalue weighted by atomic mass is 9.73. The second-order valence-corrected chi connectivity index (χ2v) is 9.15. The molecule has 3 nitrogen and oxygen atoms in total. The second kappa shape index (κ2) is 7.25. The van der Waals surface area contributed by atoms with Gasteiger partial charge in [-0.1, -0.05) is 57.2 Å². The largest absolute Gasteiger partial charge is 0.329 e. The summed E-state index contributed by atoms with van der Waals surface area (Å²) in [4.78, 5) is 25.5. The zero-order valence-corrected chi connectivity index (χ0v) is 17.1. The molecule has 0 saturated heterocycles. The van der Waals surface area contributed by atoms with Gasteiger partial charge in [-0.25, -0.2) is 4.39 Å². The van der Waals surface area contributed by atoms with Crippen LogP contribution in [0.25, 0.3) is 0 Å². The highest BCUT2D eigenvalue weighted by Gasteiger charge is 2.38. The number of carbonyl (C=O) groups excluding carboxylic acids is 2. The number of nitrogens with one attached hydrogen (secondary N) is 1. The molecule has 150 valence electrons. The minimum atomic E-state index is -0.369. The molecule has 1 aliphatic heterocycles. The average molecular weight is 391 g/mol. The standard InChI is InChI=1S/C25H26FNO2/c1-25(2,3)18-9-7-15(8-10-18)17-12-21-24(22(28)13-17)20(14-23(29)27-21)16-5-4-6-19(26)11-16/h4-11,17,20H,12-14H2,1-3H3,(H,27,29). The van der Waals surface area contributed by atoms with E-state index in [-0.39, 0.29) is 41.2 Å². The summed E-state index contributed by atoms with van der Waals surface area (Å²) in [6, 6.07) is 14.7. The van der Waals surface area contributed by atoms with Gasteiger partial charge in [-0.05, 0) is 46.6 Å². The number of amides is 1. The van der Waals surface area contributed by atoms with Gasteiger partial charge in [0.2, 0.25) is 5.91 Å². The molecule has 1 N–H and O–H groups in total. The van der Waals surface area contributed by atoms with E-state index < -0.39 is 0 Å². The Morgan fingerprint density at radius 2 is 1.66 bits per heavy atom. The maximum atomic E-state index is 13.7. The van der Waals surface area contributed by atoms with Gasteiger partial charge in [-0.2, -0.15) is 0 Å². The van der Waals surface area contributed by atoms with Crippen molar-refractivity contribution in [3.05, 3.63) is 82.3 Å². The number of carbonyl (C=O) groups is 2. The van der Waals surface area contributed by atoms with E-state index in [1.807, 2.05) is 0 Å². The molecule has 0 saturated carbocycles. The Hall–Kier alpha value is -2.75. The van der Waals surface area contributed by atoms with Crippen molar-refractivity contribution in [2.24, 2.45) is 0 Å². The monoisotopic (exact) mass is 391 g/mol. The first-order valence-corrected chi connectivity index (χ1v) is 10.1. The fourth-order valence-corrected chi connectivity index (χ4v) is 4.46. The molecule has 2 atom stereocenters. The third-order valence-electron chi connectivity index (χ3n) is 6.04. The van der Waals surface area contributed by atoms with E-state index in [2.05, 4.69) is 50.4 Å². The minimum absolute atomic E-state index is 0.0434.